The van der Waals surface area contributed by atoms with Crippen molar-refractivity contribution < 1.29 is 19.1 Å². The van der Waals surface area contributed by atoms with Gasteiger partial charge in [-0.2, -0.15) is 5.26 Å². The van der Waals surface area contributed by atoms with Gasteiger partial charge in [-0.15, -0.1) is 0 Å². The second kappa shape index (κ2) is 9.38. The van der Waals surface area contributed by atoms with Gasteiger partial charge in [0.2, 0.25) is 5.91 Å². The Morgan fingerprint density at radius 2 is 1.81 bits per heavy atom. The number of nitriles is 1. The van der Waals surface area contributed by atoms with Crippen LogP contribution in [-0.4, -0.2) is 60.4 Å². The van der Waals surface area contributed by atoms with Crippen LogP contribution in [0.3, 0.4) is 0 Å². The van der Waals surface area contributed by atoms with Crippen molar-refractivity contribution in [2.24, 2.45) is 0 Å². The third-order valence-electron chi connectivity index (χ3n) is 4.09. The quantitative estimate of drug-likeness (QED) is 0.477. The summed E-state index contributed by atoms with van der Waals surface area (Å²) >= 11 is 0. The van der Waals surface area contributed by atoms with Crippen LogP contribution in [-0.2, 0) is 14.3 Å². The highest BCUT2D eigenvalue weighted by atomic mass is 16.5. The monoisotopic (exact) mass is 370 g/mol. The average Bonchev–Trinajstić information content (AvgIpc) is 2.67. The average molecular weight is 370 g/mol. The molecule has 8 nitrogen and oxygen atoms in total. The SMILES string of the molecule is CCOC(=O)c1ccc(NC(=O)/C(C#N)=C\N2CCN(C(C)=O)CC2)cc1. The molecular formula is C19H22N4O4. The molecule has 0 atom stereocenters. The molecule has 2 rings (SSSR count). The molecule has 0 bridgehead atoms. The zero-order chi connectivity index (χ0) is 19.8. The minimum Gasteiger partial charge on any atom is -0.462 e. The number of esters is 1. The summed E-state index contributed by atoms with van der Waals surface area (Å²) in [4.78, 5) is 38.9. The largest absolute Gasteiger partial charge is 0.462 e. The Kier molecular flexibility index (Phi) is 6.94. The van der Waals surface area contributed by atoms with Crippen LogP contribution in [0.1, 0.15) is 24.2 Å². The van der Waals surface area contributed by atoms with E-state index in [1.165, 1.54) is 13.1 Å². The van der Waals surface area contributed by atoms with Crippen molar-refractivity contribution in [3.05, 3.63) is 41.6 Å². The standard InChI is InChI=1S/C19H22N4O4/c1-3-27-19(26)15-4-6-17(7-5-15)21-18(25)16(12-20)13-22-8-10-23(11-9-22)14(2)24/h4-7,13H,3,8-11H2,1-2H3,(H,21,25)/b16-13-. The van der Waals surface area contributed by atoms with E-state index in [4.69, 9.17) is 4.74 Å². The fourth-order valence-electron chi connectivity index (χ4n) is 2.59. The Hall–Kier alpha value is -3.34. The van der Waals surface area contributed by atoms with Gasteiger partial charge in [-0.1, -0.05) is 0 Å². The van der Waals surface area contributed by atoms with Gasteiger partial charge < -0.3 is 19.9 Å². The summed E-state index contributed by atoms with van der Waals surface area (Å²) < 4.78 is 4.90. The lowest BCUT2D eigenvalue weighted by Crippen LogP contribution is -2.46. The van der Waals surface area contributed by atoms with Crippen LogP contribution in [0.4, 0.5) is 5.69 Å². The minimum absolute atomic E-state index is 0.0168. The van der Waals surface area contributed by atoms with Gasteiger partial charge >= 0.3 is 5.97 Å². The van der Waals surface area contributed by atoms with Crippen LogP contribution in [0, 0.1) is 11.3 Å². The van der Waals surface area contributed by atoms with Gasteiger partial charge in [0.25, 0.3) is 5.91 Å². The highest BCUT2D eigenvalue weighted by molar-refractivity contribution is 6.06. The van der Waals surface area contributed by atoms with Crippen molar-refractivity contribution in [2.75, 3.05) is 38.1 Å². The third-order valence-corrected chi connectivity index (χ3v) is 4.09. The van der Waals surface area contributed by atoms with E-state index in [9.17, 15) is 19.6 Å². The van der Waals surface area contributed by atoms with E-state index in [0.29, 0.717) is 37.4 Å². The molecule has 1 heterocycles. The van der Waals surface area contributed by atoms with Crippen LogP contribution >= 0.6 is 0 Å². The zero-order valence-corrected chi connectivity index (χ0v) is 15.4. The number of anilines is 1. The maximum atomic E-state index is 12.3. The molecule has 27 heavy (non-hydrogen) atoms. The van der Waals surface area contributed by atoms with Crippen LogP contribution < -0.4 is 5.32 Å². The van der Waals surface area contributed by atoms with Gasteiger partial charge in [-0.05, 0) is 31.2 Å². The van der Waals surface area contributed by atoms with Crippen molar-refractivity contribution in [2.45, 2.75) is 13.8 Å². The molecule has 1 saturated heterocycles. The minimum atomic E-state index is -0.532. The van der Waals surface area contributed by atoms with E-state index in [1.54, 1.807) is 36.1 Å². The number of piperazine rings is 1. The van der Waals surface area contributed by atoms with Gasteiger partial charge in [-0.3, -0.25) is 9.59 Å². The molecule has 1 aromatic rings. The van der Waals surface area contributed by atoms with E-state index in [-0.39, 0.29) is 18.1 Å². The fourth-order valence-corrected chi connectivity index (χ4v) is 2.59. The lowest BCUT2D eigenvalue weighted by molar-refractivity contribution is -0.130. The zero-order valence-electron chi connectivity index (χ0n) is 15.4. The third kappa shape index (κ3) is 5.57. The van der Waals surface area contributed by atoms with Crippen LogP contribution in [0.15, 0.2) is 36.0 Å². The number of carbonyl (C=O) groups excluding carboxylic acids is 3. The van der Waals surface area contributed by atoms with E-state index in [1.807, 2.05) is 11.0 Å². The summed E-state index contributed by atoms with van der Waals surface area (Å²) in [6.07, 6.45) is 1.51. The van der Waals surface area contributed by atoms with Gasteiger partial charge in [0.05, 0.1) is 12.2 Å². The highest BCUT2D eigenvalue weighted by Crippen LogP contribution is 2.13. The van der Waals surface area contributed by atoms with E-state index in [2.05, 4.69) is 5.32 Å². The molecule has 8 heteroatoms. The molecule has 1 aliphatic rings. The van der Waals surface area contributed by atoms with E-state index >= 15 is 0 Å². The predicted octanol–water partition coefficient (Wildman–Crippen LogP) is 1.37. The lowest BCUT2D eigenvalue weighted by atomic mass is 10.2. The molecule has 1 N–H and O–H groups in total. The van der Waals surface area contributed by atoms with E-state index < -0.39 is 11.9 Å². The van der Waals surface area contributed by atoms with Crippen molar-refractivity contribution >= 4 is 23.5 Å². The Bertz CT molecular complexity index is 772. The second-order valence-corrected chi connectivity index (χ2v) is 5.95. The molecule has 1 aromatic carbocycles. The van der Waals surface area contributed by atoms with Gasteiger partial charge in [0.1, 0.15) is 11.6 Å². The van der Waals surface area contributed by atoms with Crippen molar-refractivity contribution in [1.82, 2.24) is 9.80 Å². The van der Waals surface area contributed by atoms with Gasteiger partial charge in [0.15, 0.2) is 0 Å². The van der Waals surface area contributed by atoms with Crippen molar-refractivity contribution in [3.63, 3.8) is 0 Å². The summed E-state index contributed by atoms with van der Waals surface area (Å²) in [5.41, 5.74) is 0.825. The normalized spacial score (nSPS) is 14.3. The Balaban J connectivity index is 1.98. The lowest BCUT2D eigenvalue weighted by Gasteiger charge is -2.33. The molecule has 0 spiro atoms. The van der Waals surface area contributed by atoms with Gasteiger partial charge in [-0.25, -0.2) is 4.79 Å². The number of ether oxygens (including phenoxy) is 1. The first-order chi connectivity index (χ1) is 12.9. The number of carbonyl (C=O) groups is 3. The topological polar surface area (TPSA) is 103 Å². The molecule has 0 aliphatic carbocycles. The Morgan fingerprint density at radius 1 is 1.19 bits per heavy atom. The molecule has 0 unspecified atom stereocenters. The molecule has 142 valence electrons. The van der Waals surface area contributed by atoms with Crippen molar-refractivity contribution in [1.29, 1.82) is 5.26 Å². The molecule has 2 amide bonds. The number of benzene rings is 1. The van der Waals surface area contributed by atoms with Crippen molar-refractivity contribution in [3.8, 4) is 6.07 Å². The number of hydrogen-bond acceptors (Lipinski definition) is 6. The molecule has 1 aliphatic heterocycles. The first kappa shape index (κ1) is 20.0. The maximum Gasteiger partial charge on any atom is 0.338 e. The number of rotatable bonds is 5. The molecule has 1 fully saturated rings. The second-order valence-electron chi connectivity index (χ2n) is 5.95. The van der Waals surface area contributed by atoms with Crippen LogP contribution in [0.25, 0.3) is 0 Å². The predicted molar refractivity (Wildman–Crippen MR) is 98.6 cm³/mol. The van der Waals surface area contributed by atoms with Gasteiger partial charge in [0, 0.05) is 45.0 Å². The first-order valence-electron chi connectivity index (χ1n) is 8.64. The molecule has 0 radical (unpaired) electrons. The smallest absolute Gasteiger partial charge is 0.338 e. The summed E-state index contributed by atoms with van der Waals surface area (Å²) in [7, 11) is 0. The maximum absolute atomic E-state index is 12.3. The molecular weight excluding hydrogens is 348 g/mol. The Morgan fingerprint density at radius 3 is 2.33 bits per heavy atom. The Labute approximate surface area is 158 Å². The number of nitrogens with one attached hydrogen (secondary N) is 1. The fraction of sp³-hybridized carbons (Fsp3) is 0.368. The highest BCUT2D eigenvalue weighted by Gasteiger charge is 2.18. The van der Waals surface area contributed by atoms with E-state index in [0.717, 1.165) is 0 Å². The summed E-state index contributed by atoms with van der Waals surface area (Å²) in [5.74, 6) is -0.948. The van der Waals surface area contributed by atoms with Crippen LogP contribution in [0.5, 0.6) is 0 Å². The summed E-state index contributed by atoms with van der Waals surface area (Å²) in [6, 6.07) is 8.14. The number of amides is 2. The molecule has 0 aromatic heterocycles. The molecule has 0 saturated carbocycles. The number of nitrogens with zero attached hydrogens (tertiary/aromatic N) is 3. The number of hydrogen-bond donors (Lipinski definition) is 1. The first-order valence-corrected chi connectivity index (χ1v) is 8.64. The summed E-state index contributed by atoms with van der Waals surface area (Å²) in [6.45, 7) is 5.77. The summed E-state index contributed by atoms with van der Waals surface area (Å²) in [5, 5.41) is 11.9. The van der Waals surface area contributed by atoms with Crippen LogP contribution in [0.2, 0.25) is 0 Å².